The molecule has 0 aliphatic carbocycles. The first-order valence-corrected chi connectivity index (χ1v) is 5.79. The number of nitrogens with zero attached hydrogens (tertiary/aromatic N) is 1. The number of hydrogen-bond acceptors (Lipinski definition) is 3. The van der Waals surface area contributed by atoms with Gasteiger partial charge in [0.15, 0.2) is 0 Å². The predicted octanol–water partition coefficient (Wildman–Crippen LogP) is 1.10. The van der Waals surface area contributed by atoms with Gasteiger partial charge < -0.3 is 15.0 Å². The van der Waals surface area contributed by atoms with Crippen molar-refractivity contribution in [3.8, 4) is 0 Å². The van der Waals surface area contributed by atoms with Crippen molar-refractivity contribution < 1.29 is 4.74 Å². The van der Waals surface area contributed by atoms with Gasteiger partial charge in [0.05, 0.1) is 13.2 Å². The van der Waals surface area contributed by atoms with E-state index >= 15 is 0 Å². The molecule has 1 saturated heterocycles. The lowest BCUT2D eigenvalue weighted by Crippen LogP contribution is -2.49. The maximum absolute atomic E-state index is 5.44. The monoisotopic (exact) mass is 200 g/mol. The fraction of sp³-hybridized carbons (Fsp3) is 1.00. The SMILES string of the molecule is CCC(CC)N(C)CC1COCCN1. The number of rotatable bonds is 5. The van der Waals surface area contributed by atoms with E-state index in [1.807, 2.05) is 0 Å². The van der Waals surface area contributed by atoms with E-state index in [-0.39, 0.29) is 0 Å². The molecule has 1 rings (SSSR count). The molecular formula is C11H24N2O. The summed E-state index contributed by atoms with van der Waals surface area (Å²) >= 11 is 0. The molecule has 1 heterocycles. The number of nitrogens with one attached hydrogen (secondary N) is 1. The molecule has 0 spiro atoms. The van der Waals surface area contributed by atoms with E-state index in [9.17, 15) is 0 Å². The van der Waals surface area contributed by atoms with Crippen molar-refractivity contribution in [2.45, 2.75) is 38.8 Å². The van der Waals surface area contributed by atoms with Gasteiger partial charge in [-0.2, -0.15) is 0 Å². The van der Waals surface area contributed by atoms with Crippen LogP contribution in [0.3, 0.4) is 0 Å². The first kappa shape index (κ1) is 12.0. The molecule has 0 bridgehead atoms. The molecular weight excluding hydrogens is 176 g/mol. The third kappa shape index (κ3) is 3.56. The lowest BCUT2D eigenvalue weighted by Gasteiger charge is -2.32. The van der Waals surface area contributed by atoms with Gasteiger partial charge in [-0.15, -0.1) is 0 Å². The Balaban J connectivity index is 2.26. The molecule has 0 aromatic heterocycles. The Kier molecular flexibility index (Phi) is 5.45. The zero-order chi connectivity index (χ0) is 10.4. The largest absolute Gasteiger partial charge is 0.378 e. The second-order valence-electron chi connectivity index (χ2n) is 4.14. The molecule has 84 valence electrons. The van der Waals surface area contributed by atoms with Crippen LogP contribution < -0.4 is 5.32 Å². The van der Waals surface area contributed by atoms with Gasteiger partial charge in [-0.25, -0.2) is 0 Å². The number of hydrogen-bond donors (Lipinski definition) is 1. The quantitative estimate of drug-likeness (QED) is 0.719. The van der Waals surface area contributed by atoms with Crippen molar-refractivity contribution in [1.82, 2.24) is 10.2 Å². The zero-order valence-electron chi connectivity index (χ0n) is 9.75. The molecule has 1 atom stereocenters. The molecule has 1 unspecified atom stereocenters. The Morgan fingerprint density at radius 1 is 1.43 bits per heavy atom. The van der Waals surface area contributed by atoms with Crippen LogP contribution in [0, 0.1) is 0 Å². The van der Waals surface area contributed by atoms with Gasteiger partial charge in [0.2, 0.25) is 0 Å². The van der Waals surface area contributed by atoms with Crippen LogP contribution in [0.2, 0.25) is 0 Å². The summed E-state index contributed by atoms with van der Waals surface area (Å²) in [7, 11) is 2.22. The van der Waals surface area contributed by atoms with Crippen molar-refractivity contribution in [3.05, 3.63) is 0 Å². The van der Waals surface area contributed by atoms with Crippen molar-refractivity contribution in [3.63, 3.8) is 0 Å². The average Bonchev–Trinajstić information content (AvgIpc) is 2.21. The zero-order valence-corrected chi connectivity index (χ0v) is 9.75. The lowest BCUT2D eigenvalue weighted by atomic mass is 10.1. The number of likely N-dealkylation sites (N-methyl/N-ethyl adjacent to an activating group) is 1. The van der Waals surface area contributed by atoms with Gasteiger partial charge in [-0.05, 0) is 19.9 Å². The van der Waals surface area contributed by atoms with Crippen LogP contribution in [0.15, 0.2) is 0 Å². The molecule has 1 aliphatic heterocycles. The van der Waals surface area contributed by atoms with Crippen molar-refractivity contribution in [2.75, 3.05) is 33.4 Å². The average molecular weight is 200 g/mol. The van der Waals surface area contributed by atoms with Gasteiger partial charge >= 0.3 is 0 Å². The van der Waals surface area contributed by atoms with Crippen LogP contribution >= 0.6 is 0 Å². The highest BCUT2D eigenvalue weighted by Gasteiger charge is 2.18. The normalized spacial score (nSPS) is 23.4. The van der Waals surface area contributed by atoms with Gasteiger partial charge in [-0.1, -0.05) is 13.8 Å². The highest BCUT2D eigenvalue weighted by Crippen LogP contribution is 2.07. The molecule has 1 fully saturated rings. The highest BCUT2D eigenvalue weighted by atomic mass is 16.5. The third-order valence-corrected chi connectivity index (χ3v) is 3.07. The number of morpholine rings is 1. The third-order valence-electron chi connectivity index (χ3n) is 3.07. The molecule has 3 nitrogen and oxygen atoms in total. The van der Waals surface area contributed by atoms with Crippen LogP contribution in [0.25, 0.3) is 0 Å². The second kappa shape index (κ2) is 6.38. The summed E-state index contributed by atoms with van der Waals surface area (Å²) in [5, 5.41) is 3.49. The van der Waals surface area contributed by atoms with Crippen molar-refractivity contribution in [1.29, 1.82) is 0 Å². The Morgan fingerprint density at radius 3 is 2.64 bits per heavy atom. The maximum atomic E-state index is 5.44. The fourth-order valence-corrected chi connectivity index (χ4v) is 2.15. The summed E-state index contributed by atoms with van der Waals surface area (Å²) < 4.78 is 5.44. The second-order valence-corrected chi connectivity index (χ2v) is 4.14. The van der Waals surface area contributed by atoms with Crippen molar-refractivity contribution >= 4 is 0 Å². The van der Waals surface area contributed by atoms with Gasteiger partial charge in [0, 0.05) is 25.2 Å². The summed E-state index contributed by atoms with van der Waals surface area (Å²) in [6.45, 7) is 8.36. The minimum absolute atomic E-state index is 0.523. The molecule has 1 aliphatic rings. The first-order chi connectivity index (χ1) is 6.77. The minimum atomic E-state index is 0.523. The summed E-state index contributed by atoms with van der Waals surface area (Å²) in [5.74, 6) is 0. The Hall–Kier alpha value is -0.120. The predicted molar refractivity (Wildman–Crippen MR) is 59.6 cm³/mol. The standard InChI is InChI=1S/C11H24N2O/c1-4-11(5-2)13(3)8-10-9-14-7-6-12-10/h10-12H,4-9H2,1-3H3. The van der Waals surface area contributed by atoms with Gasteiger partial charge in [-0.3, -0.25) is 0 Å². The van der Waals surface area contributed by atoms with Crippen molar-refractivity contribution in [2.24, 2.45) is 0 Å². The summed E-state index contributed by atoms with van der Waals surface area (Å²) in [5.41, 5.74) is 0. The smallest absolute Gasteiger partial charge is 0.0632 e. The molecule has 0 aromatic carbocycles. The summed E-state index contributed by atoms with van der Waals surface area (Å²) in [6.07, 6.45) is 2.47. The maximum Gasteiger partial charge on any atom is 0.0632 e. The van der Waals surface area contributed by atoms with Gasteiger partial charge in [0.1, 0.15) is 0 Å². The molecule has 14 heavy (non-hydrogen) atoms. The number of ether oxygens (including phenoxy) is 1. The first-order valence-electron chi connectivity index (χ1n) is 5.79. The highest BCUT2D eigenvalue weighted by molar-refractivity contribution is 4.76. The van der Waals surface area contributed by atoms with Gasteiger partial charge in [0.25, 0.3) is 0 Å². The summed E-state index contributed by atoms with van der Waals surface area (Å²) in [6, 6.07) is 1.24. The van der Waals surface area contributed by atoms with Crippen LogP contribution in [0.1, 0.15) is 26.7 Å². The van der Waals surface area contributed by atoms with E-state index in [1.165, 1.54) is 12.8 Å². The Bertz CT molecular complexity index is 142. The molecule has 0 aromatic rings. The molecule has 1 N–H and O–H groups in total. The topological polar surface area (TPSA) is 24.5 Å². The van der Waals surface area contributed by atoms with E-state index in [4.69, 9.17) is 4.74 Å². The molecule has 0 amide bonds. The van der Waals surface area contributed by atoms with Crippen LogP contribution in [-0.2, 0) is 4.74 Å². The fourth-order valence-electron chi connectivity index (χ4n) is 2.15. The van der Waals surface area contributed by atoms with Crippen LogP contribution in [-0.4, -0.2) is 50.3 Å². The lowest BCUT2D eigenvalue weighted by molar-refractivity contribution is 0.0588. The van der Waals surface area contributed by atoms with Crippen LogP contribution in [0.5, 0.6) is 0 Å². The molecule has 3 heteroatoms. The Morgan fingerprint density at radius 2 is 2.14 bits per heavy atom. The van der Waals surface area contributed by atoms with E-state index in [2.05, 4.69) is 31.1 Å². The minimum Gasteiger partial charge on any atom is -0.378 e. The molecule has 0 saturated carbocycles. The van der Waals surface area contributed by atoms with E-state index in [0.29, 0.717) is 6.04 Å². The van der Waals surface area contributed by atoms with E-state index in [1.54, 1.807) is 0 Å². The summed E-state index contributed by atoms with van der Waals surface area (Å²) in [4.78, 5) is 2.45. The van der Waals surface area contributed by atoms with E-state index < -0.39 is 0 Å². The Labute approximate surface area is 87.8 Å². The molecule has 0 radical (unpaired) electrons. The van der Waals surface area contributed by atoms with E-state index in [0.717, 1.165) is 32.3 Å². The van der Waals surface area contributed by atoms with Crippen LogP contribution in [0.4, 0.5) is 0 Å².